The summed E-state index contributed by atoms with van der Waals surface area (Å²) in [6.45, 7) is 3.94. The minimum Gasteiger partial charge on any atom is -0.508 e. The predicted molar refractivity (Wildman–Crippen MR) is 159 cm³/mol. The Morgan fingerprint density at radius 2 is 1.77 bits per heavy atom. The summed E-state index contributed by atoms with van der Waals surface area (Å²) in [4.78, 5) is 44.4. The van der Waals surface area contributed by atoms with Gasteiger partial charge in [-0.1, -0.05) is 24.3 Å². The third-order valence-corrected chi connectivity index (χ3v) is 10.5. The van der Waals surface area contributed by atoms with E-state index in [0.717, 1.165) is 6.26 Å². The molecule has 2 aliphatic heterocycles. The number of nitrogens with zero attached hydrogens (tertiary/aromatic N) is 3. The molecule has 4 rings (SSSR count). The van der Waals surface area contributed by atoms with E-state index in [0.29, 0.717) is 24.0 Å². The molecule has 10 nitrogen and oxygen atoms in total. The van der Waals surface area contributed by atoms with Crippen molar-refractivity contribution in [2.45, 2.75) is 44.6 Å². The molecule has 2 aliphatic rings. The molecular formula is C31H40FN3O7S. The third kappa shape index (κ3) is 6.76. The van der Waals surface area contributed by atoms with Crippen molar-refractivity contribution in [3.63, 3.8) is 0 Å². The van der Waals surface area contributed by atoms with Crippen LogP contribution in [-0.4, -0.2) is 102 Å². The molecule has 0 spiro atoms. The number of carboxylic acid groups (broad SMARTS) is 1. The average Bonchev–Trinajstić information content (AvgIpc) is 2.96. The number of benzene rings is 2. The zero-order chi connectivity index (χ0) is 31.7. The number of piperidine rings is 2. The Balaban J connectivity index is 1.85. The summed E-state index contributed by atoms with van der Waals surface area (Å²) < 4.78 is 40.4. The Kier molecular flexibility index (Phi) is 9.63. The number of ketones is 1. The molecule has 12 heteroatoms. The quantitative estimate of drug-likeness (QED) is 0.410. The van der Waals surface area contributed by atoms with E-state index in [1.165, 1.54) is 47.4 Å². The van der Waals surface area contributed by atoms with Crippen LogP contribution in [0.15, 0.2) is 42.5 Å². The average molecular weight is 618 g/mol. The minimum absolute atomic E-state index is 0.104. The molecule has 2 aromatic rings. The first kappa shape index (κ1) is 32.6. The van der Waals surface area contributed by atoms with Gasteiger partial charge in [-0.2, -0.15) is 0 Å². The number of rotatable bonds is 9. The number of phenolic OH excluding ortho intramolecular Hbond substituents is 1. The number of carboxylic acids is 1. The van der Waals surface area contributed by atoms with Crippen molar-refractivity contribution in [2.75, 3.05) is 46.0 Å². The van der Waals surface area contributed by atoms with Crippen LogP contribution in [0.3, 0.4) is 0 Å². The van der Waals surface area contributed by atoms with Gasteiger partial charge in [0.2, 0.25) is 15.9 Å². The maximum Gasteiger partial charge on any atom is 0.329 e. The summed E-state index contributed by atoms with van der Waals surface area (Å²) in [5.74, 6) is -5.12. The van der Waals surface area contributed by atoms with E-state index in [1.807, 2.05) is 4.90 Å². The van der Waals surface area contributed by atoms with Crippen molar-refractivity contribution in [3.05, 3.63) is 65.0 Å². The molecule has 234 valence electrons. The van der Waals surface area contributed by atoms with Gasteiger partial charge in [-0.05, 0) is 62.4 Å². The number of phenols is 1. The molecule has 43 heavy (non-hydrogen) atoms. The van der Waals surface area contributed by atoms with Gasteiger partial charge in [-0.3, -0.25) is 9.59 Å². The Labute approximate surface area is 252 Å². The monoisotopic (exact) mass is 617 g/mol. The fraction of sp³-hybridized carbons (Fsp3) is 0.516. The van der Waals surface area contributed by atoms with Crippen molar-refractivity contribution in [2.24, 2.45) is 11.8 Å². The van der Waals surface area contributed by atoms with Crippen LogP contribution in [-0.2, 0) is 19.6 Å². The molecule has 2 fully saturated rings. The number of halogens is 1. The number of carbonyl (C=O) groups is 3. The summed E-state index contributed by atoms with van der Waals surface area (Å²) in [5.41, 5.74) is -0.443. The first-order valence-corrected chi connectivity index (χ1v) is 16.3. The smallest absolute Gasteiger partial charge is 0.329 e. The highest BCUT2D eigenvalue weighted by atomic mass is 32.2. The van der Waals surface area contributed by atoms with Crippen molar-refractivity contribution < 1.29 is 37.4 Å². The highest BCUT2D eigenvalue weighted by molar-refractivity contribution is 7.88. The van der Waals surface area contributed by atoms with Crippen LogP contribution in [0.2, 0.25) is 0 Å². The van der Waals surface area contributed by atoms with Gasteiger partial charge in [0.05, 0.1) is 12.2 Å². The fourth-order valence-electron chi connectivity index (χ4n) is 6.44. The van der Waals surface area contributed by atoms with Crippen LogP contribution >= 0.6 is 0 Å². The van der Waals surface area contributed by atoms with Gasteiger partial charge in [0.15, 0.2) is 5.78 Å². The lowest BCUT2D eigenvalue weighted by Gasteiger charge is -2.48. The minimum atomic E-state index is -3.49. The SMILES string of the molecule is Cc1c(F)cccc1[C@@H]1[C@@H](C(=O)c2cccc(O)c2)CN(CCN(C)S(C)(=O)=O)C[C@H]1C(=O)N1CCCCC1(C)C(=O)O. The number of hydrogen-bond acceptors (Lipinski definition) is 7. The standard InChI is InChI=1S/C31H40FN3O7S/c1-20-23(11-8-12-26(20)32)27-24(28(37)21-9-7-10-22(36)17-21)18-34(16-15-33(3)43(4,41)42)19-25(27)29(38)35-14-6-5-13-31(35,2)30(39)40/h7-12,17,24-25,27,36H,5-6,13-16,18-19H2,1-4H3,(H,39,40)/t24-,25+,27+,31?/m0/s1. The third-order valence-electron chi connectivity index (χ3n) is 9.15. The molecule has 0 aliphatic carbocycles. The first-order valence-electron chi connectivity index (χ1n) is 14.4. The number of amides is 1. The van der Waals surface area contributed by atoms with E-state index in [4.69, 9.17) is 0 Å². The number of carbonyl (C=O) groups excluding carboxylic acids is 2. The lowest BCUT2D eigenvalue weighted by Crippen LogP contribution is -2.62. The second-order valence-electron chi connectivity index (χ2n) is 12.0. The van der Waals surface area contributed by atoms with E-state index >= 15 is 0 Å². The van der Waals surface area contributed by atoms with E-state index in [2.05, 4.69) is 0 Å². The van der Waals surface area contributed by atoms with Crippen molar-refractivity contribution in [1.29, 1.82) is 0 Å². The maximum absolute atomic E-state index is 15.0. The van der Waals surface area contributed by atoms with Crippen LogP contribution in [0.5, 0.6) is 5.75 Å². The van der Waals surface area contributed by atoms with Gasteiger partial charge in [0.25, 0.3) is 0 Å². The van der Waals surface area contributed by atoms with Crippen LogP contribution in [0.4, 0.5) is 4.39 Å². The van der Waals surface area contributed by atoms with Gasteiger partial charge in [0, 0.05) is 57.2 Å². The molecule has 4 atom stereocenters. The number of sulfonamides is 1. The van der Waals surface area contributed by atoms with Crippen LogP contribution in [0, 0.1) is 24.6 Å². The van der Waals surface area contributed by atoms with Crippen LogP contribution < -0.4 is 0 Å². The van der Waals surface area contributed by atoms with Crippen molar-refractivity contribution >= 4 is 27.7 Å². The Morgan fingerprint density at radius 1 is 1.09 bits per heavy atom. The van der Waals surface area contributed by atoms with Crippen LogP contribution in [0.1, 0.15) is 53.6 Å². The van der Waals surface area contributed by atoms with E-state index in [9.17, 15) is 37.4 Å². The number of aromatic hydroxyl groups is 1. The predicted octanol–water partition coefficient (Wildman–Crippen LogP) is 3.10. The van der Waals surface area contributed by atoms with Gasteiger partial charge in [-0.25, -0.2) is 21.9 Å². The van der Waals surface area contributed by atoms with Crippen LogP contribution in [0.25, 0.3) is 0 Å². The van der Waals surface area contributed by atoms with Gasteiger partial charge >= 0.3 is 5.97 Å². The highest BCUT2D eigenvalue weighted by Crippen LogP contribution is 2.43. The fourth-order valence-corrected chi connectivity index (χ4v) is 6.85. The molecule has 2 aromatic carbocycles. The molecule has 0 aromatic heterocycles. The highest BCUT2D eigenvalue weighted by Gasteiger charge is 2.51. The summed E-state index contributed by atoms with van der Waals surface area (Å²) in [7, 11) is -2.04. The molecule has 1 unspecified atom stereocenters. The molecule has 2 heterocycles. The van der Waals surface area contributed by atoms with Gasteiger partial charge in [0.1, 0.15) is 17.1 Å². The normalized spacial score (nSPS) is 25.1. The molecule has 0 bridgehead atoms. The van der Waals surface area contributed by atoms with Crippen molar-refractivity contribution in [1.82, 2.24) is 14.1 Å². The molecule has 0 radical (unpaired) electrons. The zero-order valence-electron chi connectivity index (χ0n) is 25.0. The maximum atomic E-state index is 15.0. The van der Waals surface area contributed by atoms with E-state index in [1.54, 1.807) is 25.1 Å². The number of likely N-dealkylation sites (N-methyl/N-ethyl adjacent to an activating group) is 1. The van der Waals surface area contributed by atoms with E-state index < -0.39 is 51.0 Å². The first-order chi connectivity index (χ1) is 20.1. The lowest BCUT2D eigenvalue weighted by atomic mass is 9.69. The number of Topliss-reactive ketones (excluding diaryl/α,β-unsaturated/α-hetero) is 1. The number of likely N-dealkylation sites (tertiary alicyclic amines) is 2. The molecule has 1 amide bonds. The Hall–Kier alpha value is -3.35. The molecule has 2 saturated heterocycles. The lowest BCUT2D eigenvalue weighted by molar-refractivity contribution is -0.164. The summed E-state index contributed by atoms with van der Waals surface area (Å²) in [5, 5.41) is 20.3. The van der Waals surface area contributed by atoms with Gasteiger partial charge < -0.3 is 20.0 Å². The second kappa shape index (κ2) is 12.7. The summed E-state index contributed by atoms with van der Waals surface area (Å²) in [6, 6.07) is 10.4. The summed E-state index contributed by atoms with van der Waals surface area (Å²) in [6.07, 6.45) is 2.64. The molecule has 0 saturated carbocycles. The Bertz CT molecular complexity index is 1500. The number of hydrogen-bond donors (Lipinski definition) is 2. The van der Waals surface area contributed by atoms with Crippen molar-refractivity contribution in [3.8, 4) is 5.75 Å². The zero-order valence-corrected chi connectivity index (χ0v) is 25.8. The topological polar surface area (TPSA) is 136 Å². The van der Waals surface area contributed by atoms with E-state index in [-0.39, 0.29) is 56.2 Å². The largest absolute Gasteiger partial charge is 0.508 e. The molecule has 2 N–H and O–H groups in total. The second-order valence-corrected chi connectivity index (χ2v) is 14.1. The molecular weight excluding hydrogens is 577 g/mol. The van der Waals surface area contributed by atoms with Gasteiger partial charge in [-0.15, -0.1) is 0 Å². The number of aliphatic carboxylic acids is 1. The Morgan fingerprint density at radius 3 is 2.42 bits per heavy atom. The summed E-state index contributed by atoms with van der Waals surface area (Å²) >= 11 is 0.